The summed E-state index contributed by atoms with van der Waals surface area (Å²) in [6.45, 7) is 6.21. The van der Waals surface area contributed by atoms with Crippen LogP contribution < -0.4 is 4.90 Å². The van der Waals surface area contributed by atoms with Gasteiger partial charge in [0.05, 0.1) is 5.69 Å². The molecule has 5 heteroatoms. The van der Waals surface area contributed by atoms with Gasteiger partial charge in [0.1, 0.15) is 5.82 Å². The van der Waals surface area contributed by atoms with Gasteiger partial charge in [-0.3, -0.25) is 9.58 Å². The van der Waals surface area contributed by atoms with Crippen LogP contribution in [0.15, 0.2) is 18.3 Å². The summed E-state index contributed by atoms with van der Waals surface area (Å²) in [4.78, 5) is 9.15. The van der Waals surface area contributed by atoms with Gasteiger partial charge in [-0.2, -0.15) is 5.10 Å². The van der Waals surface area contributed by atoms with Crippen LogP contribution in [-0.2, 0) is 20.1 Å². The van der Waals surface area contributed by atoms with E-state index in [2.05, 4.69) is 41.0 Å². The normalized spacial score (nSPS) is 14.5. The second-order valence-corrected chi connectivity index (χ2v) is 6.83. The number of anilines is 1. The van der Waals surface area contributed by atoms with E-state index in [9.17, 15) is 0 Å². The molecule has 1 saturated carbocycles. The smallest absolute Gasteiger partial charge is 0.127 e. The van der Waals surface area contributed by atoms with Crippen LogP contribution in [0.1, 0.15) is 35.4 Å². The summed E-state index contributed by atoms with van der Waals surface area (Å²) >= 11 is 0. The zero-order chi connectivity index (χ0) is 16.6. The van der Waals surface area contributed by atoms with Crippen LogP contribution in [0.25, 0.3) is 0 Å². The first-order valence-corrected chi connectivity index (χ1v) is 8.31. The Hall–Kier alpha value is -1.88. The quantitative estimate of drug-likeness (QED) is 0.821. The molecule has 124 valence electrons. The van der Waals surface area contributed by atoms with E-state index in [0.717, 1.165) is 24.6 Å². The molecule has 2 heterocycles. The molecule has 0 aliphatic heterocycles. The molecule has 2 aromatic heterocycles. The summed E-state index contributed by atoms with van der Waals surface area (Å²) in [5, 5.41) is 4.55. The molecule has 0 unspecified atom stereocenters. The van der Waals surface area contributed by atoms with Crippen molar-refractivity contribution in [2.24, 2.45) is 7.05 Å². The average Bonchev–Trinajstić information content (AvgIpc) is 3.32. The van der Waals surface area contributed by atoms with Gasteiger partial charge in [-0.25, -0.2) is 4.98 Å². The Morgan fingerprint density at radius 1 is 1.17 bits per heavy atom. The number of hydrogen-bond donors (Lipinski definition) is 0. The fourth-order valence-electron chi connectivity index (χ4n) is 3.01. The van der Waals surface area contributed by atoms with Crippen LogP contribution in [0.3, 0.4) is 0 Å². The molecule has 0 saturated heterocycles. The molecular weight excluding hydrogens is 286 g/mol. The number of hydrogen-bond acceptors (Lipinski definition) is 4. The summed E-state index contributed by atoms with van der Waals surface area (Å²) in [5.74, 6) is 1.01. The van der Waals surface area contributed by atoms with Gasteiger partial charge in [-0.15, -0.1) is 0 Å². The van der Waals surface area contributed by atoms with Crippen molar-refractivity contribution in [2.45, 2.75) is 45.8 Å². The predicted octanol–water partition coefficient (Wildman–Crippen LogP) is 2.66. The molecule has 1 fully saturated rings. The minimum absolute atomic E-state index is 0.711. The lowest BCUT2D eigenvalue weighted by Crippen LogP contribution is -2.25. The van der Waals surface area contributed by atoms with Crippen molar-refractivity contribution in [3.63, 3.8) is 0 Å². The number of pyridine rings is 1. The molecule has 0 bridgehead atoms. The van der Waals surface area contributed by atoms with Crippen LogP contribution in [0, 0.1) is 13.8 Å². The molecule has 1 aliphatic rings. The molecule has 5 nitrogen and oxygen atoms in total. The van der Waals surface area contributed by atoms with Crippen molar-refractivity contribution >= 4 is 5.82 Å². The monoisotopic (exact) mass is 313 g/mol. The Morgan fingerprint density at radius 3 is 2.39 bits per heavy atom. The van der Waals surface area contributed by atoms with Crippen molar-refractivity contribution in [2.75, 3.05) is 19.0 Å². The summed E-state index contributed by atoms with van der Waals surface area (Å²) in [7, 11) is 6.07. The van der Waals surface area contributed by atoms with E-state index >= 15 is 0 Å². The highest BCUT2D eigenvalue weighted by atomic mass is 15.3. The van der Waals surface area contributed by atoms with Crippen LogP contribution in [0.4, 0.5) is 5.82 Å². The van der Waals surface area contributed by atoms with E-state index in [1.165, 1.54) is 29.7 Å². The first-order valence-electron chi connectivity index (χ1n) is 8.31. The number of aryl methyl sites for hydroxylation is 2. The third-order valence-corrected chi connectivity index (χ3v) is 4.74. The Balaban J connectivity index is 1.74. The van der Waals surface area contributed by atoms with E-state index < -0.39 is 0 Å². The molecule has 0 N–H and O–H groups in total. The van der Waals surface area contributed by atoms with Gasteiger partial charge < -0.3 is 4.90 Å². The molecule has 0 atom stereocenters. The van der Waals surface area contributed by atoms with Gasteiger partial charge in [-0.05, 0) is 38.3 Å². The average molecular weight is 313 g/mol. The molecule has 1 aliphatic carbocycles. The molecular formula is C18H27N5. The number of nitrogens with zero attached hydrogens (tertiary/aromatic N) is 5. The molecule has 0 spiro atoms. The highest BCUT2D eigenvalue weighted by molar-refractivity contribution is 5.37. The van der Waals surface area contributed by atoms with Gasteiger partial charge >= 0.3 is 0 Å². The standard InChI is InChI=1S/C18H27N5/c1-13-17(14(2)22(5)20-13)12-23(16-7-8-16)11-15-6-9-18(19-10-15)21(3)4/h6,9-10,16H,7-8,11-12H2,1-5H3. The minimum Gasteiger partial charge on any atom is -0.363 e. The van der Waals surface area contributed by atoms with Crippen molar-refractivity contribution in [3.8, 4) is 0 Å². The van der Waals surface area contributed by atoms with E-state index in [4.69, 9.17) is 0 Å². The maximum atomic E-state index is 4.55. The predicted molar refractivity (Wildman–Crippen MR) is 93.5 cm³/mol. The van der Waals surface area contributed by atoms with Gasteiger partial charge in [-0.1, -0.05) is 6.07 Å². The highest BCUT2D eigenvalue weighted by Gasteiger charge is 2.30. The Labute approximate surface area is 138 Å². The highest BCUT2D eigenvalue weighted by Crippen LogP contribution is 2.31. The SMILES string of the molecule is Cc1nn(C)c(C)c1CN(Cc1ccc(N(C)C)nc1)C1CC1. The van der Waals surface area contributed by atoms with E-state index in [1.807, 2.05) is 36.9 Å². The number of rotatable bonds is 6. The first-order chi connectivity index (χ1) is 11.0. The third-order valence-electron chi connectivity index (χ3n) is 4.74. The Morgan fingerprint density at radius 2 is 1.91 bits per heavy atom. The van der Waals surface area contributed by atoms with Gasteiger partial charge in [0.2, 0.25) is 0 Å². The topological polar surface area (TPSA) is 37.2 Å². The summed E-state index contributed by atoms with van der Waals surface area (Å²) in [5.41, 5.74) is 5.07. The minimum atomic E-state index is 0.711. The summed E-state index contributed by atoms with van der Waals surface area (Å²) < 4.78 is 1.99. The largest absolute Gasteiger partial charge is 0.363 e. The lowest BCUT2D eigenvalue weighted by atomic mass is 10.1. The fourth-order valence-corrected chi connectivity index (χ4v) is 3.01. The lowest BCUT2D eigenvalue weighted by Gasteiger charge is -2.22. The number of aromatic nitrogens is 3. The Bertz CT molecular complexity index is 667. The molecule has 0 radical (unpaired) electrons. The van der Waals surface area contributed by atoms with Gasteiger partial charge in [0, 0.05) is 57.7 Å². The third kappa shape index (κ3) is 3.55. The molecule has 23 heavy (non-hydrogen) atoms. The summed E-state index contributed by atoms with van der Waals surface area (Å²) in [6, 6.07) is 5.00. The maximum absolute atomic E-state index is 4.55. The summed E-state index contributed by atoms with van der Waals surface area (Å²) in [6.07, 6.45) is 4.62. The van der Waals surface area contributed by atoms with E-state index in [0.29, 0.717) is 6.04 Å². The van der Waals surface area contributed by atoms with Crippen LogP contribution >= 0.6 is 0 Å². The van der Waals surface area contributed by atoms with Crippen molar-refractivity contribution < 1.29 is 0 Å². The zero-order valence-electron chi connectivity index (χ0n) is 14.9. The fraction of sp³-hybridized carbons (Fsp3) is 0.556. The Kier molecular flexibility index (Phi) is 4.39. The van der Waals surface area contributed by atoms with Crippen LogP contribution in [0.5, 0.6) is 0 Å². The molecule has 2 aromatic rings. The lowest BCUT2D eigenvalue weighted by molar-refractivity contribution is 0.244. The second-order valence-electron chi connectivity index (χ2n) is 6.83. The molecule has 0 amide bonds. The maximum Gasteiger partial charge on any atom is 0.127 e. The first kappa shape index (κ1) is 16.0. The molecule has 0 aromatic carbocycles. The second kappa shape index (κ2) is 6.32. The van der Waals surface area contributed by atoms with Gasteiger partial charge in [0.15, 0.2) is 0 Å². The zero-order valence-corrected chi connectivity index (χ0v) is 14.9. The van der Waals surface area contributed by atoms with Gasteiger partial charge in [0.25, 0.3) is 0 Å². The van der Waals surface area contributed by atoms with Crippen molar-refractivity contribution in [1.29, 1.82) is 0 Å². The van der Waals surface area contributed by atoms with E-state index in [-0.39, 0.29) is 0 Å². The van der Waals surface area contributed by atoms with Crippen LogP contribution in [0.2, 0.25) is 0 Å². The van der Waals surface area contributed by atoms with Crippen LogP contribution in [-0.4, -0.2) is 39.8 Å². The van der Waals surface area contributed by atoms with Crippen molar-refractivity contribution in [1.82, 2.24) is 19.7 Å². The van der Waals surface area contributed by atoms with Crippen molar-refractivity contribution in [3.05, 3.63) is 40.8 Å². The molecule has 3 rings (SSSR count). The van der Waals surface area contributed by atoms with E-state index in [1.54, 1.807) is 0 Å².